The Kier molecular flexibility index (Phi) is 7.65. The van der Waals surface area contributed by atoms with Crippen LogP contribution >= 0.6 is 0 Å². The second kappa shape index (κ2) is 12.7. The zero-order chi connectivity index (χ0) is 33.4. The summed E-state index contributed by atoms with van der Waals surface area (Å²) in [5, 5.41) is 28.7. The SMILES string of the molecule is N#Cc1ccc(-c2ccc(C3NC(c4ccccc4-c4ccccc4)NC(c4c5ccccc5cc5c4ccc4ccccc45)N3)cc2)cc1. The van der Waals surface area contributed by atoms with Crippen LogP contribution in [0, 0.1) is 11.3 Å². The molecular formula is C46H34N4. The van der Waals surface area contributed by atoms with Crippen LogP contribution in [0.25, 0.3) is 54.6 Å². The number of hydrogen-bond acceptors (Lipinski definition) is 4. The lowest BCUT2D eigenvalue weighted by Crippen LogP contribution is -2.54. The first kappa shape index (κ1) is 30.0. The topological polar surface area (TPSA) is 59.9 Å². The van der Waals surface area contributed by atoms with E-state index >= 15 is 0 Å². The quantitative estimate of drug-likeness (QED) is 0.129. The highest BCUT2D eigenvalue weighted by atomic mass is 15.4. The second-order valence-corrected chi connectivity index (χ2v) is 13.0. The predicted molar refractivity (Wildman–Crippen MR) is 205 cm³/mol. The molecule has 0 bridgehead atoms. The third-order valence-corrected chi connectivity index (χ3v) is 10.0. The normalized spacial score (nSPS) is 17.5. The molecule has 1 aliphatic rings. The molecule has 8 aromatic rings. The van der Waals surface area contributed by atoms with Crippen LogP contribution < -0.4 is 16.0 Å². The van der Waals surface area contributed by atoms with Crippen LogP contribution in [0.15, 0.2) is 170 Å². The smallest absolute Gasteiger partial charge is 0.0991 e. The van der Waals surface area contributed by atoms with Gasteiger partial charge in [-0.25, -0.2) is 0 Å². The Morgan fingerprint density at radius 1 is 0.420 bits per heavy atom. The van der Waals surface area contributed by atoms with Crippen LogP contribution in [-0.2, 0) is 0 Å². The van der Waals surface area contributed by atoms with Gasteiger partial charge in [-0.2, -0.15) is 5.26 Å². The number of rotatable bonds is 5. The summed E-state index contributed by atoms with van der Waals surface area (Å²) < 4.78 is 0. The molecule has 9 rings (SSSR count). The Labute approximate surface area is 291 Å². The highest BCUT2D eigenvalue weighted by molar-refractivity contribution is 6.14. The third kappa shape index (κ3) is 5.41. The van der Waals surface area contributed by atoms with Crippen LogP contribution in [0.2, 0.25) is 0 Å². The minimum atomic E-state index is -0.178. The van der Waals surface area contributed by atoms with Crippen molar-refractivity contribution in [3.05, 3.63) is 192 Å². The zero-order valence-electron chi connectivity index (χ0n) is 27.3. The monoisotopic (exact) mass is 642 g/mol. The van der Waals surface area contributed by atoms with Gasteiger partial charge in [0.15, 0.2) is 0 Å². The molecule has 3 unspecified atom stereocenters. The molecule has 0 spiro atoms. The third-order valence-electron chi connectivity index (χ3n) is 10.0. The molecule has 4 heteroatoms. The lowest BCUT2D eigenvalue weighted by molar-refractivity contribution is 0.205. The van der Waals surface area contributed by atoms with Crippen molar-refractivity contribution in [3.8, 4) is 28.3 Å². The highest BCUT2D eigenvalue weighted by Crippen LogP contribution is 2.40. The van der Waals surface area contributed by atoms with Gasteiger partial charge in [-0.1, -0.05) is 152 Å². The van der Waals surface area contributed by atoms with Crippen molar-refractivity contribution in [1.82, 2.24) is 16.0 Å². The van der Waals surface area contributed by atoms with Crippen molar-refractivity contribution >= 4 is 32.3 Å². The van der Waals surface area contributed by atoms with Gasteiger partial charge in [0, 0.05) is 0 Å². The summed E-state index contributed by atoms with van der Waals surface area (Å²) in [7, 11) is 0. The van der Waals surface area contributed by atoms with Gasteiger partial charge < -0.3 is 0 Å². The maximum Gasteiger partial charge on any atom is 0.0991 e. The van der Waals surface area contributed by atoms with Crippen LogP contribution in [0.1, 0.15) is 40.8 Å². The fourth-order valence-electron chi connectivity index (χ4n) is 7.58. The fraction of sp³-hybridized carbons (Fsp3) is 0.0652. The number of fused-ring (bicyclic) bond motifs is 4. The molecule has 0 saturated carbocycles. The molecule has 0 aromatic heterocycles. The van der Waals surface area contributed by atoms with E-state index in [2.05, 4.69) is 168 Å². The minimum absolute atomic E-state index is 0.153. The first-order valence-corrected chi connectivity index (χ1v) is 17.1. The van der Waals surface area contributed by atoms with E-state index < -0.39 is 0 Å². The molecule has 8 aromatic carbocycles. The largest absolute Gasteiger partial charge is 0.279 e. The first-order valence-electron chi connectivity index (χ1n) is 17.1. The van der Waals surface area contributed by atoms with Crippen molar-refractivity contribution in [1.29, 1.82) is 5.26 Å². The molecule has 4 nitrogen and oxygen atoms in total. The Morgan fingerprint density at radius 3 is 1.82 bits per heavy atom. The molecule has 3 atom stereocenters. The van der Waals surface area contributed by atoms with E-state index in [9.17, 15) is 5.26 Å². The van der Waals surface area contributed by atoms with E-state index in [0.717, 1.165) is 16.7 Å². The molecular weight excluding hydrogens is 609 g/mol. The molecule has 0 radical (unpaired) electrons. The summed E-state index contributed by atoms with van der Waals surface area (Å²) in [4.78, 5) is 0. The Balaban J connectivity index is 1.19. The van der Waals surface area contributed by atoms with E-state index in [0.29, 0.717) is 5.56 Å². The molecule has 1 heterocycles. The van der Waals surface area contributed by atoms with Gasteiger partial charge in [-0.05, 0) is 89.5 Å². The molecule has 1 saturated heterocycles. The van der Waals surface area contributed by atoms with Crippen molar-refractivity contribution in [2.24, 2.45) is 0 Å². The molecule has 50 heavy (non-hydrogen) atoms. The lowest BCUT2D eigenvalue weighted by atomic mass is 9.90. The van der Waals surface area contributed by atoms with Crippen LogP contribution in [-0.4, -0.2) is 0 Å². The Morgan fingerprint density at radius 2 is 1.04 bits per heavy atom. The zero-order valence-corrected chi connectivity index (χ0v) is 27.3. The summed E-state index contributed by atoms with van der Waals surface area (Å²) in [6.07, 6.45) is -0.488. The lowest BCUT2D eigenvalue weighted by Gasteiger charge is -2.41. The number of nitrogens with one attached hydrogen (secondary N) is 3. The van der Waals surface area contributed by atoms with E-state index in [-0.39, 0.29) is 18.5 Å². The van der Waals surface area contributed by atoms with E-state index in [1.54, 1.807) is 0 Å². The average molecular weight is 643 g/mol. The standard InChI is InChI=1S/C46H34N4/c47-29-30-18-20-31(21-19-30)32-22-24-35(25-23-32)44-48-45(41-17-9-8-14-37(41)33-10-2-1-3-11-33)50-46(49-44)43-39-16-7-5-13-36(39)28-42-38-15-6-4-12-34(38)26-27-40(42)43/h1-28,44-46,48-50H. The second-order valence-electron chi connectivity index (χ2n) is 13.0. The van der Waals surface area contributed by atoms with Gasteiger partial charge in [0.1, 0.15) is 0 Å². The summed E-state index contributed by atoms with van der Waals surface area (Å²) in [6, 6.07) is 62.3. The molecule has 238 valence electrons. The van der Waals surface area contributed by atoms with Crippen LogP contribution in [0.4, 0.5) is 0 Å². The van der Waals surface area contributed by atoms with Crippen molar-refractivity contribution in [2.45, 2.75) is 18.5 Å². The molecule has 3 N–H and O–H groups in total. The highest BCUT2D eigenvalue weighted by Gasteiger charge is 2.32. The van der Waals surface area contributed by atoms with Gasteiger partial charge >= 0.3 is 0 Å². The molecule has 1 fully saturated rings. The molecule has 0 aliphatic carbocycles. The van der Waals surface area contributed by atoms with Gasteiger partial charge in [0.25, 0.3) is 0 Å². The van der Waals surface area contributed by atoms with E-state index in [1.807, 2.05) is 24.3 Å². The maximum absolute atomic E-state index is 9.26. The van der Waals surface area contributed by atoms with Crippen molar-refractivity contribution < 1.29 is 0 Å². The molecule has 1 aliphatic heterocycles. The minimum Gasteiger partial charge on any atom is -0.279 e. The Hall–Kier alpha value is -6.09. The summed E-state index contributed by atoms with van der Waals surface area (Å²) in [6.45, 7) is 0. The fourth-order valence-corrected chi connectivity index (χ4v) is 7.58. The van der Waals surface area contributed by atoms with Gasteiger partial charge in [0.05, 0.1) is 30.1 Å². The van der Waals surface area contributed by atoms with Gasteiger partial charge in [-0.3, -0.25) is 16.0 Å². The average Bonchev–Trinajstić information content (AvgIpc) is 3.20. The number of nitrogens with zero attached hydrogens (tertiary/aromatic N) is 1. The number of benzene rings is 8. The van der Waals surface area contributed by atoms with E-state index in [4.69, 9.17) is 0 Å². The maximum atomic E-state index is 9.26. The van der Waals surface area contributed by atoms with Gasteiger partial charge in [-0.15, -0.1) is 0 Å². The summed E-state index contributed by atoms with van der Waals surface area (Å²) in [5.41, 5.74) is 8.83. The van der Waals surface area contributed by atoms with Crippen molar-refractivity contribution in [2.75, 3.05) is 0 Å². The Bertz CT molecular complexity index is 2530. The number of nitriles is 1. The molecule has 0 amide bonds. The number of hydrogen-bond donors (Lipinski definition) is 3. The summed E-state index contributed by atoms with van der Waals surface area (Å²) in [5.74, 6) is 0. The summed E-state index contributed by atoms with van der Waals surface area (Å²) >= 11 is 0. The predicted octanol–water partition coefficient (Wildman–Crippen LogP) is 10.5. The van der Waals surface area contributed by atoms with Crippen molar-refractivity contribution in [3.63, 3.8) is 0 Å². The first-order chi connectivity index (χ1) is 24.7. The van der Waals surface area contributed by atoms with Crippen LogP contribution in [0.3, 0.4) is 0 Å². The van der Waals surface area contributed by atoms with Crippen LogP contribution in [0.5, 0.6) is 0 Å². The van der Waals surface area contributed by atoms with E-state index in [1.165, 1.54) is 54.6 Å². The van der Waals surface area contributed by atoms with Gasteiger partial charge in [0.2, 0.25) is 0 Å².